The average Bonchev–Trinajstić information content (AvgIpc) is 2.94. The van der Waals surface area contributed by atoms with Crippen LogP contribution in [0.15, 0.2) is 6.20 Å². The van der Waals surface area contributed by atoms with Crippen LogP contribution in [0.3, 0.4) is 0 Å². The van der Waals surface area contributed by atoms with Crippen molar-refractivity contribution in [3.8, 4) is 0 Å². The Morgan fingerprint density at radius 3 is 2.77 bits per heavy atom. The molecule has 1 aliphatic heterocycles. The van der Waals surface area contributed by atoms with E-state index in [9.17, 15) is 4.79 Å². The highest BCUT2D eigenvalue weighted by Crippen LogP contribution is 2.40. The van der Waals surface area contributed by atoms with E-state index in [1.165, 1.54) is 43.4 Å². The molecule has 3 rings (SSSR count). The van der Waals surface area contributed by atoms with Crippen LogP contribution in [0.5, 0.6) is 0 Å². The fourth-order valence-electron chi connectivity index (χ4n) is 3.80. The van der Waals surface area contributed by atoms with Crippen LogP contribution in [0.25, 0.3) is 0 Å². The van der Waals surface area contributed by atoms with Crippen LogP contribution < -0.4 is 11.1 Å². The van der Waals surface area contributed by atoms with Gasteiger partial charge in [0.25, 0.3) is 0 Å². The molecular formula is C16H25N3O2S. The van der Waals surface area contributed by atoms with Gasteiger partial charge in [-0.25, -0.2) is 4.98 Å². The molecule has 1 amide bonds. The predicted octanol–water partition coefficient (Wildman–Crippen LogP) is 3.03. The van der Waals surface area contributed by atoms with Gasteiger partial charge >= 0.3 is 0 Å². The fourth-order valence-corrected chi connectivity index (χ4v) is 4.54. The Labute approximate surface area is 135 Å². The summed E-state index contributed by atoms with van der Waals surface area (Å²) in [7, 11) is 0. The number of amides is 1. The maximum atomic E-state index is 11.5. The van der Waals surface area contributed by atoms with Gasteiger partial charge in [-0.3, -0.25) is 4.79 Å². The molecule has 2 aliphatic rings. The highest BCUT2D eigenvalue weighted by molar-refractivity contribution is 7.15. The predicted molar refractivity (Wildman–Crippen MR) is 87.6 cm³/mol. The molecule has 1 saturated heterocycles. The quantitative estimate of drug-likeness (QED) is 0.896. The van der Waals surface area contributed by atoms with Gasteiger partial charge in [-0.1, -0.05) is 30.6 Å². The number of rotatable bonds is 3. The van der Waals surface area contributed by atoms with E-state index in [-0.39, 0.29) is 24.2 Å². The van der Waals surface area contributed by atoms with Gasteiger partial charge in [-0.05, 0) is 31.6 Å². The molecule has 0 bridgehead atoms. The lowest BCUT2D eigenvalue weighted by atomic mass is 9.81. The number of nitrogens with two attached hydrogens (primary N) is 1. The third-order valence-electron chi connectivity index (χ3n) is 4.80. The number of nitrogen functional groups attached to an aromatic ring is 1. The second kappa shape index (κ2) is 6.96. The normalized spacial score (nSPS) is 30.1. The van der Waals surface area contributed by atoms with Crippen molar-refractivity contribution >= 4 is 22.4 Å². The molecule has 2 heterocycles. The Morgan fingerprint density at radius 1 is 1.36 bits per heavy atom. The van der Waals surface area contributed by atoms with Gasteiger partial charge in [0.2, 0.25) is 5.91 Å². The first-order chi connectivity index (χ1) is 10.6. The molecule has 0 aromatic carbocycles. The van der Waals surface area contributed by atoms with Crippen LogP contribution in [0, 0.1) is 5.92 Å². The first-order valence-electron chi connectivity index (χ1n) is 8.25. The lowest BCUT2D eigenvalue weighted by molar-refractivity contribution is -0.124. The van der Waals surface area contributed by atoms with E-state index in [2.05, 4.69) is 10.3 Å². The topological polar surface area (TPSA) is 77.2 Å². The molecule has 2 fully saturated rings. The van der Waals surface area contributed by atoms with E-state index in [1.807, 2.05) is 6.20 Å². The van der Waals surface area contributed by atoms with E-state index < -0.39 is 0 Å². The maximum Gasteiger partial charge on any atom is 0.217 e. The highest BCUT2D eigenvalue weighted by Gasteiger charge is 2.36. The average molecular weight is 323 g/mol. The summed E-state index contributed by atoms with van der Waals surface area (Å²) in [5, 5.41) is 3.67. The van der Waals surface area contributed by atoms with Gasteiger partial charge in [0.15, 0.2) is 5.13 Å². The summed E-state index contributed by atoms with van der Waals surface area (Å²) in [5.74, 6) is 0.662. The molecule has 1 aromatic rings. The summed E-state index contributed by atoms with van der Waals surface area (Å²) in [6.07, 6.45) is 10.2. The number of anilines is 1. The van der Waals surface area contributed by atoms with Gasteiger partial charge in [0, 0.05) is 19.2 Å². The summed E-state index contributed by atoms with van der Waals surface area (Å²) < 4.78 is 6.40. The second-order valence-corrected chi connectivity index (χ2v) is 7.62. The summed E-state index contributed by atoms with van der Waals surface area (Å²) in [6.45, 7) is 1.59. The molecule has 0 unspecified atom stereocenters. The third-order valence-corrected chi connectivity index (χ3v) is 5.71. The lowest BCUT2D eigenvalue weighted by Crippen LogP contribution is -2.44. The standard InChI is InChI=1S/C16H25N3O2S/c1-10(20)19-12-7-13(11-5-3-2-4-6-11)21-14(8-12)15-9-18-16(17)22-15/h9,11-14H,2-8H2,1H3,(H2,17,18)(H,19,20)/t12-,13-,14+/m1/s1. The molecule has 22 heavy (non-hydrogen) atoms. The van der Waals surface area contributed by atoms with Crippen molar-refractivity contribution in [1.29, 1.82) is 0 Å². The van der Waals surface area contributed by atoms with Crippen LogP contribution in [0.4, 0.5) is 5.13 Å². The first kappa shape index (κ1) is 15.7. The van der Waals surface area contributed by atoms with Gasteiger partial charge in [-0.15, -0.1) is 0 Å². The minimum Gasteiger partial charge on any atom is -0.375 e. The van der Waals surface area contributed by atoms with Gasteiger partial charge < -0.3 is 15.8 Å². The van der Waals surface area contributed by atoms with Crippen LogP contribution in [-0.4, -0.2) is 23.0 Å². The number of hydrogen-bond acceptors (Lipinski definition) is 5. The number of nitrogens with one attached hydrogen (secondary N) is 1. The lowest BCUT2D eigenvalue weighted by Gasteiger charge is -2.40. The smallest absolute Gasteiger partial charge is 0.217 e. The van der Waals surface area contributed by atoms with E-state index in [0.717, 1.165) is 17.7 Å². The fraction of sp³-hybridized carbons (Fsp3) is 0.750. The molecule has 0 radical (unpaired) electrons. The monoisotopic (exact) mass is 323 g/mol. The van der Waals surface area contributed by atoms with Gasteiger partial charge in [0.05, 0.1) is 17.1 Å². The molecule has 122 valence electrons. The zero-order chi connectivity index (χ0) is 15.5. The number of aromatic nitrogens is 1. The van der Waals surface area contributed by atoms with Crippen molar-refractivity contribution < 1.29 is 9.53 Å². The Kier molecular flexibility index (Phi) is 4.98. The van der Waals surface area contributed by atoms with E-state index >= 15 is 0 Å². The SMILES string of the molecule is CC(=O)N[C@H]1C[C@@H](c2cnc(N)s2)O[C@@H](C2CCCCC2)C1. The molecule has 0 spiro atoms. The summed E-state index contributed by atoms with van der Waals surface area (Å²) in [4.78, 5) is 16.7. The van der Waals surface area contributed by atoms with Crippen LogP contribution in [0.1, 0.15) is 62.9 Å². The summed E-state index contributed by atoms with van der Waals surface area (Å²) >= 11 is 1.49. The Bertz CT molecular complexity index is 513. The number of hydrogen-bond donors (Lipinski definition) is 2. The van der Waals surface area contributed by atoms with Crippen LogP contribution in [-0.2, 0) is 9.53 Å². The van der Waals surface area contributed by atoms with Crippen molar-refractivity contribution in [2.75, 3.05) is 5.73 Å². The number of ether oxygens (including phenoxy) is 1. The second-order valence-electron chi connectivity index (χ2n) is 6.53. The molecule has 3 N–H and O–H groups in total. The molecular weight excluding hydrogens is 298 g/mol. The van der Waals surface area contributed by atoms with Crippen molar-refractivity contribution in [2.24, 2.45) is 5.92 Å². The minimum absolute atomic E-state index is 0.00678. The molecule has 3 atom stereocenters. The van der Waals surface area contributed by atoms with Gasteiger partial charge in [0.1, 0.15) is 0 Å². The molecule has 1 aliphatic carbocycles. The molecule has 5 nitrogen and oxygen atoms in total. The molecule has 1 saturated carbocycles. The van der Waals surface area contributed by atoms with E-state index in [1.54, 1.807) is 6.92 Å². The van der Waals surface area contributed by atoms with Crippen molar-refractivity contribution in [1.82, 2.24) is 10.3 Å². The Hall–Kier alpha value is -1.14. The Balaban J connectivity index is 1.73. The zero-order valence-corrected chi connectivity index (χ0v) is 13.9. The Morgan fingerprint density at radius 2 is 2.14 bits per heavy atom. The van der Waals surface area contributed by atoms with Gasteiger partial charge in [-0.2, -0.15) is 0 Å². The largest absolute Gasteiger partial charge is 0.375 e. The van der Waals surface area contributed by atoms with Crippen LogP contribution >= 0.6 is 11.3 Å². The molecule has 1 aromatic heterocycles. The summed E-state index contributed by atoms with van der Waals surface area (Å²) in [5.41, 5.74) is 5.76. The first-order valence-corrected chi connectivity index (χ1v) is 9.07. The minimum atomic E-state index is 0.00678. The maximum absolute atomic E-state index is 11.5. The summed E-state index contributed by atoms with van der Waals surface area (Å²) in [6, 6.07) is 0.187. The van der Waals surface area contributed by atoms with Crippen molar-refractivity contribution in [3.63, 3.8) is 0 Å². The number of carbonyl (C=O) groups excluding carboxylic acids is 1. The number of thiazole rings is 1. The third kappa shape index (κ3) is 3.79. The van der Waals surface area contributed by atoms with Crippen molar-refractivity contribution in [3.05, 3.63) is 11.1 Å². The van der Waals surface area contributed by atoms with Crippen molar-refractivity contribution in [2.45, 2.75) is 70.1 Å². The van der Waals surface area contributed by atoms with E-state index in [4.69, 9.17) is 10.5 Å². The van der Waals surface area contributed by atoms with Crippen LogP contribution in [0.2, 0.25) is 0 Å². The zero-order valence-electron chi connectivity index (χ0n) is 13.1. The molecule has 6 heteroatoms. The van der Waals surface area contributed by atoms with E-state index in [0.29, 0.717) is 11.0 Å². The number of nitrogens with zero attached hydrogens (tertiary/aromatic N) is 1. The number of carbonyl (C=O) groups is 1. The highest BCUT2D eigenvalue weighted by atomic mass is 32.1.